The summed E-state index contributed by atoms with van der Waals surface area (Å²) in [6, 6.07) is 12.9. The number of aromatic nitrogens is 3. The predicted octanol–water partition coefficient (Wildman–Crippen LogP) is 2.63. The third-order valence-electron chi connectivity index (χ3n) is 4.26. The molecule has 0 amide bonds. The first kappa shape index (κ1) is 17.9. The number of aryl methyl sites for hydroxylation is 1. The molecule has 27 heavy (non-hydrogen) atoms. The Morgan fingerprint density at radius 1 is 1.22 bits per heavy atom. The molecule has 0 saturated carbocycles. The van der Waals surface area contributed by atoms with Crippen molar-refractivity contribution < 1.29 is 13.2 Å². The van der Waals surface area contributed by atoms with Gasteiger partial charge in [0.15, 0.2) is 0 Å². The van der Waals surface area contributed by atoms with Gasteiger partial charge in [0.1, 0.15) is 5.75 Å². The maximum Gasteiger partial charge on any atom is 0.286 e. The van der Waals surface area contributed by atoms with E-state index in [1.54, 1.807) is 12.1 Å². The average Bonchev–Trinajstić information content (AvgIpc) is 3.27. The van der Waals surface area contributed by atoms with E-state index in [1.165, 1.54) is 23.4 Å². The summed E-state index contributed by atoms with van der Waals surface area (Å²) >= 11 is 1.34. The van der Waals surface area contributed by atoms with Crippen molar-refractivity contribution in [3.8, 4) is 5.75 Å². The van der Waals surface area contributed by atoms with Crippen molar-refractivity contribution in [3.05, 3.63) is 59.2 Å². The molecule has 2 N–H and O–H groups in total. The first-order chi connectivity index (χ1) is 12.9. The van der Waals surface area contributed by atoms with Gasteiger partial charge >= 0.3 is 0 Å². The van der Waals surface area contributed by atoms with Crippen LogP contribution in [0.25, 0.3) is 0 Å². The molecule has 2 aromatic carbocycles. The van der Waals surface area contributed by atoms with E-state index in [2.05, 4.69) is 10.1 Å². The second-order valence-corrected chi connectivity index (χ2v) is 8.95. The smallest absolute Gasteiger partial charge is 0.286 e. The number of anilines is 1. The van der Waals surface area contributed by atoms with Crippen LogP contribution in [0.3, 0.4) is 0 Å². The van der Waals surface area contributed by atoms with Gasteiger partial charge in [-0.1, -0.05) is 41.6 Å². The SMILES string of the molecule is Cc1ccc(CSc2nc(N)n(S(=O)(=O)c3ccc4c(c3)CCO4)n2)cc1. The van der Waals surface area contributed by atoms with E-state index in [0.29, 0.717) is 23.9 Å². The van der Waals surface area contributed by atoms with Crippen LogP contribution in [0.2, 0.25) is 0 Å². The normalized spacial score (nSPS) is 13.4. The van der Waals surface area contributed by atoms with Crippen LogP contribution in [0, 0.1) is 6.92 Å². The zero-order chi connectivity index (χ0) is 19.0. The molecule has 1 aromatic heterocycles. The van der Waals surface area contributed by atoms with Gasteiger partial charge in [0.25, 0.3) is 10.0 Å². The van der Waals surface area contributed by atoms with Gasteiger partial charge in [0, 0.05) is 12.2 Å². The molecular weight excluding hydrogens is 384 g/mol. The van der Waals surface area contributed by atoms with Gasteiger partial charge in [0.05, 0.1) is 11.5 Å². The Hall–Kier alpha value is -2.52. The Bertz CT molecular complexity index is 1090. The molecule has 9 heteroatoms. The van der Waals surface area contributed by atoms with Crippen molar-refractivity contribution in [1.82, 2.24) is 14.2 Å². The van der Waals surface area contributed by atoms with Crippen LogP contribution in [0.15, 0.2) is 52.5 Å². The van der Waals surface area contributed by atoms with Gasteiger partial charge in [-0.3, -0.25) is 0 Å². The molecule has 0 aliphatic carbocycles. The van der Waals surface area contributed by atoms with Crippen LogP contribution < -0.4 is 10.5 Å². The number of nitrogens with zero attached hydrogens (tertiary/aromatic N) is 3. The van der Waals surface area contributed by atoms with E-state index < -0.39 is 10.0 Å². The van der Waals surface area contributed by atoms with Crippen molar-refractivity contribution in [1.29, 1.82) is 0 Å². The zero-order valence-corrected chi connectivity index (χ0v) is 16.3. The van der Waals surface area contributed by atoms with E-state index in [-0.39, 0.29) is 10.8 Å². The van der Waals surface area contributed by atoms with E-state index >= 15 is 0 Å². The van der Waals surface area contributed by atoms with Crippen LogP contribution in [0.5, 0.6) is 5.75 Å². The second-order valence-electron chi connectivity index (χ2n) is 6.24. The molecule has 3 aromatic rings. The van der Waals surface area contributed by atoms with Crippen LogP contribution in [0.1, 0.15) is 16.7 Å². The van der Waals surface area contributed by atoms with Gasteiger partial charge < -0.3 is 10.5 Å². The highest BCUT2D eigenvalue weighted by Gasteiger charge is 2.25. The van der Waals surface area contributed by atoms with Crippen molar-refractivity contribution in [3.63, 3.8) is 0 Å². The number of rotatable bonds is 5. The standard InChI is InChI=1S/C18H18N4O3S2/c1-12-2-4-13(5-3-12)11-26-18-20-17(19)22(21-18)27(23,24)15-6-7-16-14(10-15)8-9-25-16/h2-7,10H,8-9,11H2,1H3,(H2,19,20,21). The molecule has 1 aliphatic heterocycles. The fourth-order valence-electron chi connectivity index (χ4n) is 2.79. The molecule has 0 bridgehead atoms. The fourth-order valence-corrected chi connectivity index (χ4v) is 4.83. The van der Waals surface area contributed by atoms with E-state index in [0.717, 1.165) is 21.0 Å². The molecule has 140 valence electrons. The summed E-state index contributed by atoms with van der Waals surface area (Å²) < 4.78 is 32.0. The summed E-state index contributed by atoms with van der Waals surface area (Å²) in [5.41, 5.74) is 8.98. The minimum Gasteiger partial charge on any atom is -0.493 e. The van der Waals surface area contributed by atoms with Crippen molar-refractivity contribution in [2.45, 2.75) is 29.1 Å². The van der Waals surface area contributed by atoms with Crippen molar-refractivity contribution in [2.24, 2.45) is 0 Å². The van der Waals surface area contributed by atoms with Crippen LogP contribution in [0.4, 0.5) is 5.95 Å². The lowest BCUT2D eigenvalue weighted by Crippen LogP contribution is -2.17. The lowest BCUT2D eigenvalue weighted by Gasteiger charge is -2.06. The van der Waals surface area contributed by atoms with Gasteiger partial charge in [-0.15, -0.1) is 9.19 Å². The minimum absolute atomic E-state index is 0.124. The summed E-state index contributed by atoms with van der Waals surface area (Å²) in [7, 11) is -3.91. The quantitative estimate of drug-likeness (QED) is 0.655. The largest absolute Gasteiger partial charge is 0.493 e. The monoisotopic (exact) mass is 402 g/mol. The highest BCUT2D eigenvalue weighted by Crippen LogP contribution is 2.29. The number of hydrogen-bond donors (Lipinski definition) is 1. The van der Waals surface area contributed by atoms with Gasteiger partial charge in [-0.25, -0.2) is 0 Å². The first-order valence-corrected chi connectivity index (χ1v) is 10.8. The molecule has 1 aliphatic rings. The lowest BCUT2D eigenvalue weighted by molar-refractivity contribution is 0.356. The summed E-state index contributed by atoms with van der Waals surface area (Å²) in [4.78, 5) is 4.22. The molecule has 0 atom stereocenters. The van der Waals surface area contributed by atoms with Crippen molar-refractivity contribution >= 4 is 27.7 Å². The Kier molecular flexibility index (Phi) is 4.56. The number of nitrogen functional groups attached to an aromatic ring is 1. The Balaban J connectivity index is 1.57. The van der Waals surface area contributed by atoms with Gasteiger partial charge in [-0.05, 0) is 36.2 Å². The molecule has 0 saturated heterocycles. The number of hydrogen-bond acceptors (Lipinski definition) is 7. The van der Waals surface area contributed by atoms with Crippen LogP contribution >= 0.6 is 11.8 Å². The molecule has 0 fully saturated rings. The number of fused-ring (bicyclic) bond motifs is 1. The molecule has 4 rings (SSSR count). The fraction of sp³-hybridized carbons (Fsp3) is 0.222. The van der Waals surface area contributed by atoms with E-state index in [1.807, 2.05) is 31.2 Å². The van der Waals surface area contributed by atoms with Crippen LogP contribution in [-0.4, -0.2) is 29.2 Å². The predicted molar refractivity (Wildman–Crippen MR) is 103 cm³/mol. The zero-order valence-electron chi connectivity index (χ0n) is 14.6. The Morgan fingerprint density at radius 2 is 2.00 bits per heavy atom. The Labute approximate surface area is 161 Å². The molecule has 0 spiro atoms. The summed E-state index contributed by atoms with van der Waals surface area (Å²) in [6.45, 7) is 2.58. The van der Waals surface area contributed by atoms with E-state index in [9.17, 15) is 8.42 Å². The molecule has 7 nitrogen and oxygen atoms in total. The number of nitrogens with two attached hydrogens (primary N) is 1. The molecule has 2 heterocycles. The molecule has 0 radical (unpaired) electrons. The molecular formula is C18H18N4O3S2. The average molecular weight is 403 g/mol. The number of benzene rings is 2. The maximum atomic E-state index is 12.9. The third-order valence-corrected chi connectivity index (χ3v) is 6.74. The van der Waals surface area contributed by atoms with Crippen molar-refractivity contribution in [2.75, 3.05) is 12.3 Å². The minimum atomic E-state index is -3.91. The highest BCUT2D eigenvalue weighted by atomic mass is 32.2. The molecule has 0 unspecified atom stereocenters. The first-order valence-electron chi connectivity index (χ1n) is 8.36. The lowest BCUT2D eigenvalue weighted by atomic mass is 10.2. The maximum absolute atomic E-state index is 12.9. The third kappa shape index (κ3) is 3.52. The summed E-state index contributed by atoms with van der Waals surface area (Å²) in [5, 5.41) is 4.43. The Morgan fingerprint density at radius 3 is 2.78 bits per heavy atom. The number of thioether (sulfide) groups is 1. The summed E-state index contributed by atoms with van der Waals surface area (Å²) in [6.07, 6.45) is 0.684. The second kappa shape index (κ2) is 6.90. The van der Waals surface area contributed by atoms with Crippen LogP contribution in [-0.2, 0) is 22.2 Å². The topological polar surface area (TPSA) is 100 Å². The number of ether oxygens (including phenoxy) is 1. The van der Waals surface area contributed by atoms with E-state index in [4.69, 9.17) is 10.5 Å². The van der Waals surface area contributed by atoms with Gasteiger partial charge in [-0.2, -0.15) is 13.4 Å². The highest BCUT2D eigenvalue weighted by molar-refractivity contribution is 7.98. The summed E-state index contributed by atoms with van der Waals surface area (Å²) in [5.74, 6) is 1.19. The van der Waals surface area contributed by atoms with Gasteiger partial charge in [0.2, 0.25) is 11.1 Å².